The molecule has 22 heavy (non-hydrogen) atoms. The van der Waals surface area contributed by atoms with Gasteiger partial charge >= 0.3 is 5.97 Å². The van der Waals surface area contributed by atoms with Crippen LogP contribution in [0, 0.1) is 6.92 Å². The van der Waals surface area contributed by atoms with E-state index in [0.29, 0.717) is 29.2 Å². The quantitative estimate of drug-likeness (QED) is 0.842. The molecule has 0 fully saturated rings. The number of phenols is 1. The summed E-state index contributed by atoms with van der Waals surface area (Å²) in [5.74, 6) is 0.0683. The molecule has 4 nitrogen and oxygen atoms in total. The lowest BCUT2D eigenvalue weighted by atomic mass is 9.98. The highest BCUT2D eigenvalue weighted by Crippen LogP contribution is 2.40. The van der Waals surface area contributed by atoms with E-state index in [1.807, 2.05) is 18.2 Å². The SMILES string of the molecule is CCOC(=O)C(C)c1ccc(C)c(O)c1Oc1ccccc1. The molecule has 0 amide bonds. The van der Waals surface area contributed by atoms with Crippen LogP contribution in [0.3, 0.4) is 0 Å². The van der Waals surface area contributed by atoms with Gasteiger partial charge in [0.25, 0.3) is 0 Å². The van der Waals surface area contributed by atoms with Crippen LogP contribution in [0.4, 0.5) is 0 Å². The molecule has 0 aliphatic rings. The van der Waals surface area contributed by atoms with E-state index in [-0.39, 0.29) is 11.7 Å². The summed E-state index contributed by atoms with van der Waals surface area (Å²) in [7, 11) is 0. The lowest BCUT2D eigenvalue weighted by Gasteiger charge is -2.18. The number of para-hydroxylation sites is 1. The van der Waals surface area contributed by atoms with Crippen molar-refractivity contribution in [1.82, 2.24) is 0 Å². The molecule has 0 aromatic heterocycles. The fraction of sp³-hybridized carbons (Fsp3) is 0.278. The molecule has 0 aliphatic carbocycles. The molecule has 2 aromatic rings. The standard InChI is InChI=1S/C18H20O4/c1-4-21-18(20)13(3)15-11-10-12(2)16(19)17(15)22-14-8-6-5-7-9-14/h5-11,13,19H,4H2,1-3H3. The molecule has 0 spiro atoms. The Hall–Kier alpha value is -2.49. The van der Waals surface area contributed by atoms with Crippen molar-refractivity contribution in [3.05, 3.63) is 53.6 Å². The van der Waals surface area contributed by atoms with Crippen LogP contribution in [0.2, 0.25) is 0 Å². The van der Waals surface area contributed by atoms with Crippen molar-refractivity contribution in [1.29, 1.82) is 0 Å². The van der Waals surface area contributed by atoms with Gasteiger partial charge in [0.1, 0.15) is 5.75 Å². The topological polar surface area (TPSA) is 55.8 Å². The van der Waals surface area contributed by atoms with Crippen LogP contribution in [0.5, 0.6) is 17.2 Å². The fourth-order valence-corrected chi connectivity index (χ4v) is 2.13. The van der Waals surface area contributed by atoms with E-state index in [2.05, 4.69) is 0 Å². The van der Waals surface area contributed by atoms with Gasteiger partial charge in [0, 0.05) is 5.56 Å². The fourth-order valence-electron chi connectivity index (χ4n) is 2.13. The Bertz CT molecular complexity index is 650. The minimum Gasteiger partial charge on any atom is -0.504 e. The third-order valence-electron chi connectivity index (χ3n) is 3.43. The van der Waals surface area contributed by atoms with Gasteiger partial charge in [-0.25, -0.2) is 0 Å². The molecule has 2 rings (SSSR count). The van der Waals surface area contributed by atoms with E-state index in [0.717, 1.165) is 0 Å². The first kappa shape index (κ1) is 15.9. The maximum Gasteiger partial charge on any atom is 0.313 e. The molecule has 0 aliphatic heterocycles. The number of aromatic hydroxyl groups is 1. The third kappa shape index (κ3) is 3.39. The second kappa shape index (κ2) is 6.98. The average Bonchev–Trinajstić information content (AvgIpc) is 2.53. The van der Waals surface area contributed by atoms with E-state index in [9.17, 15) is 9.90 Å². The van der Waals surface area contributed by atoms with Crippen molar-refractivity contribution in [3.63, 3.8) is 0 Å². The van der Waals surface area contributed by atoms with Crippen LogP contribution in [0.25, 0.3) is 0 Å². The summed E-state index contributed by atoms with van der Waals surface area (Å²) in [6.07, 6.45) is 0. The average molecular weight is 300 g/mol. The molecular formula is C18H20O4. The zero-order chi connectivity index (χ0) is 16.1. The van der Waals surface area contributed by atoms with Gasteiger partial charge in [-0.1, -0.05) is 30.3 Å². The first-order valence-electron chi connectivity index (χ1n) is 7.26. The van der Waals surface area contributed by atoms with Crippen LogP contribution >= 0.6 is 0 Å². The van der Waals surface area contributed by atoms with E-state index in [4.69, 9.17) is 9.47 Å². The Morgan fingerprint density at radius 3 is 2.50 bits per heavy atom. The summed E-state index contributed by atoms with van der Waals surface area (Å²) in [6.45, 7) is 5.60. The second-order valence-corrected chi connectivity index (χ2v) is 5.04. The van der Waals surface area contributed by atoms with Crippen molar-refractivity contribution >= 4 is 5.97 Å². The lowest BCUT2D eigenvalue weighted by Crippen LogP contribution is -2.14. The molecular weight excluding hydrogens is 280 g/mol. The minimum atomic E-state index is -0.523. The van der Waals surface area contributed by atoms with Crippen molar-refractivity contribution in [2.24, 2.45) is 0 Å². The maximum atomic E-state index is 12.0. The first-order chi connectivity index (χ1) is 10.5. The molecule has 2 aromatic carbocycles. The molecule has 0 saturated carbocycles. The van der Waals surface area contributed by atoms with Crippen LogP contribution in [0.15, 0.2) is 42.5 Å². The molecule has 1 atom stereocenters. The summed E-state index contributed by atoms with van der Waals surface area (Å²) >= 11 is 0. The van der Waals surface area contributed by atoms with Crippen molar-refractivity contribution in [2.75, 3.05) is 6.61 Å². The van der Waals surface area contributed by atoms with E-state index >= 15 is 0 Å². The van der Waals surface area contributed by atoms with Crippen LogP contribution in [0.1, 0.15) is 30.9 Å². The number of aryl methyl sites for hydroxylation is 1. The first-order valence-corrected chi connectivity index (χ1v) is 7.26. The van der Waals surface area contributed by atoms with E-state index < -0.39 is 5.92 Å². The van der Waals surface area contributed by atoms with Gasteiger partial charge in [-0.15, -0.1) is 0 Å². The summed E-state index contributed by atoms with van der Waals surface area (Å²) in [5, 5.41) is 10.3. The maximum absolute atomic E-state index is 12.0. The summed E-state index contributed by atoms with van der Waals surface area (Å²) < 4.78 is 10.9. The number of ether oxygens (including phenoxy) is 2. The number of hydrogen-bond acceptors (Lipinski definition) is 4. The van der Waals surface area contributed by atoms with Gasteiger partial charge in [0.15, 0.2) is 11.5 Å². The highest BCUT2D eigenvalue weighted by atomic mass is 16.5. The van der Waals surface area contributed by atoms with Gasteiger partial charge in [0.2, 0.25) is 0 Å². The zero-order valence-corrected chi connectivity index (χ0v) is 13.0. The third-order valence-corrected chi connectivity index (χ3v) is 3.43. The molecule has 0 saturated heterocycles. The van der Waals surface area contributed by atoms with Crippen LogP contribution < -0.4 is 4.74 Å². The van der Waals surface area contributed by atoms with Gasteiger partial charge < -0.3 is 14.6 Å². The van der Waals surface area contributed by atoms with Gasteiger partial charge in [-0.05, 0) is 38.5 Å². The number of benzene rings is 2. The molecule has 4 heteroatoms. The van der Waals surface area contributed by atoms with Crippen molar-refractivity contribution in [3.8, 4) is 17.2 Å². The largest absolute Gasteiger partial charge is 0.504 e. The molecule has 1 unspecified atom stereocenters. The Morgan fingerprint density at radius 2 is 1.86 bits per heavy atom. The number of carbonyl (C=O) groups excluding carboxylic acids is 1. The summed E-state index contributed by atoms with van der Waals surface area (Å²) in [5.41, 5.74) is 1.29. The monoisotopic (exact) mass is 300 g/mol. The number of rotatable bonds is 5. The van der Waals surface area contributed by atoms with E-state index in [1.54, 1.807) is 45.0 Å². The predicted molar refractivity (Wildman–Crippen MR) is 84.4 cm³/mol. The molecule has 1 N–H and O–H groups in total. The molecule has 116 valence electrons. The van der Waals surface area contributed by atoms with Gasteiger partial charge in [-0.3, -0.25) is 4.79 Å². The normalized spacial score (nSPS) is 11.8. The Morgan fingerprint density at radius 1 is 1.18 bits per heavy atom. The number of hydrogen-bond donors (Lipinski definition) is 1. The zero-order valence-electron chi connectivity index (χ0n) is 13.0. The highest BCUT2D eigenvalue weighted by molar-refractivity contribution is 5.79. The van der Waals surface area contributed by atoms with Crippen molar-refractivity contribution < 1.29 is 19.4 Å². The van der Waals surface area contributed by atoms with Crippen molar-refractivity contribution in [2.45, 2.75) is 26.7 Å². The minimum absolute atomic E-state index is 0.0394. The summed E-state index contributed by atoms with van der Waals surface area (Å²) in [4.78, 5) is 12.0. The number of carbonyl (C=O) groups is 1. The Labute approximate surface area is 130 Å². The summed E-state index contributed by atoms with van der Waals surface area (Å²) in [6, 6.07) is 12.7. The molecule has 0 radical (unpaired) electrons. The smallest absolute Gasteiger partial charge is 0.313 e. The number of esters is 1. The second-order valence-electron chi connectivity index (χ2n) is 5.04. The van der Waals surface area contributed by atoms with E-state index in [1.165, 1.54) is 0 Å². The predicted octanol–water partition coefficient (Wildman–Crippen LogP) is 4.16. The highest BCUT2D eigenvalue weighted by Gasteiger charge is 2.24. The number of phenolic OH excluding ortho intramolecular Hbond substituents is 1. The molecule has 0 bridgehead atoms. The van der Waals surface area contributed by atoms with Gasteiger partial charge in [-0.2, -0.15) is 0 Å². The lowest BCUT2D eigenvalue weighted by molar-refractivity contribution is -0.144. The van der Waals surface area contributed by atoms with Gasteiger partial charge in [0.05, 0.1) is 12.5 Å². The molecule has 0 heterocycles. The Balaban J connectivity index is 2.42. The van der Waals surface area contributed by atoms with Crippen LogP contribution in [-0.2, 0) is 9.53 Å². The Kier molecular flexibility index (Phi) is 5.04. The van der Waals surface area contributed by atoms with Crippen LogP contribution in [-0.4, -0.2) is 17.7 Å².